The van der Waals surface area contributed by atoms with E-state index in [-0.39, 0.29) is 11.1 Å². The Balaban J connectivity index is 1.97. The highest BCUT2D eigenvalue weighted by atomic mass is 32.2. The number of methoxy groups -OCH3 is 2. The Morgan fingerprint density at radius 3 is 1.88 bits per heavy atom. The summed E-state index contributed by atoms with van der Waals surface area (Å²) in [5, 5.41) is 0. The van der Waals surface area contributed by atoms with Gasteiger partial charge in [-0.1, -0.05) is 0 Å². The summed E-state index contributed by atoms with van der Waals surface area (Å²) in [4.78, 5) is 55.1. The van der Waals surface area contributed by atoms with Crippen LogP contribution < -0.4 is 0 Å². The third-order valence-corrected chi connectivity index (χ3v) is 4.81. The molecule has 0 atom stereocenters. The highest BCUT2D eigenvalue weighted by molar-refractivity contribution is 7.85. The van der Waals surface area contributed by atoms with Crippen LogP contribution in [0.1, 0.15) is 41.4 Å². The Hall–Kier alpha value is -3.85. The summed E-state index contributed by atoms with van der Waals surface area (Å²) in [6.45, 7) is -1.33. The molecule has 0 saturated heterocycles. The maximum atomic E-state index is 12.1. The normalized spacial score (nSPS) is 10.8. The van der Waals surface area contributed by atoms with Gasteiger partial charge < -0.3 is 23.5 Å². The van der Waals surface area contributed by atoms with E-state index < -0.39 is 63.6 Å². The molecule has 13 nitrogen and oxygen atoms in total. The summed E-state index contributed by atoms with van der Waals surface area (Å²) in [5.41, 5.74) is -0.801. The molecule has 0 aliphatic heterocycles. The van der Waals surface area contributed by atoms with E-state index in [9.17, 15) is 32.1 Å². The molecule has 182 valence electrons. The first kappa shape index (κ1) is 26.4. The molecule has 0 N–H and O–H groups in total. The third kappa shape index (κ3) is 7.08. The Morgan fingerprint density at radius 2 is 1.32 bits per heavy atom. The summed E-state index contributed by atoms with van der Waals surface area (Å²) in [5.74, 6) is -3.88. The molecule has 0 heterocycles. The minimum absolute atomic E-state index is 0.0591. The molecule has 0 aromatic heterocycles. The van der Waals surface area contributed by atoms with Crippen LogP contribution in [-0.4, -0.2) is 64.7 Å². The van der Waals surface area contributed by atoms with E-state index in [2.05, 4.69) is 24.0 Å². The van der Waals surface area contributed by atoms with Crippen molar-refractivity contribution in [3.8, 4) is 0 Å². The summed E-state index contributed by atoms with van der Waals surface area (Å²) in [7, 11) is -2.75. The molecule has 2 rings (SSSR count). The lowest BCUT2D eigenvalue weighted by atomic mass is 10.1. The van der Waals surface area contributed by atoms with Gasteiger partial charge >= 0.3 is 23.9 Å². The van der Waals surface area contributed by atoms with Gasteiger partial charge in [0.1, 0.15) is 10.1 Å². The molecule has 34 heavy (non-hydrogen) atoms. The molecule has 0 radical (unpaired) electrons. The van der Waals surface area contributed by atoms with E-state index in [1.807, 2.05) is 0 Å². The van der Waals surface area contributed by atoms with Crippen LogP contribution in [0.2, 0.25) is 0 Å². The molecular formula is C20H17O13S-. The lowest BCUT2D eigenvalue weighted by Crippen LogP contribution is -2.16. The molecular weight excluding hydrogens is 480 g/mol. The van der Waals surface area contributed by atoms with E-state index in [1.54, 1.807) is 0 Å². The molecule has 0 unspecified atom stereocenters. The summed E-state index contributed by atoms with van der Waals surface area (Å²) < 4.78 is 52.9. The predicted octanol–water partition coefficient (Wildman–Crippen LogP) is 1.04. The molecule has 2 aromatic rings. The van der Waals surface area contributed by atoms with Crippen LogP contribution in [0.15, 0.2) is 47.4 Å². The Bertz CT molecular complexity index is 1170. The Kier molecular flexibility index (Phi) is 9.20. The first-order valence-electron chi connectivity index (χ1n) is 9.03. The number of rotatable bonds is 10. The van der Waals surface area contributed by atoms with Crippen molar-refractivity contribution in [2.45, 2.75) is 4.90 Å². The van der Waals surface area contributed by atoms with E-state index in [4.69, 9.17) is 4.74 Å². The number of carbonyl (C=O) groups is 4. The zero-order valence-corrected chi connectivity index (χ0v) is 18.5. The summed E-state index contributed by atoms with van der Waals surface area (Å²) >= 11 is 0. The molecule has 0 amide bonds. The van der Waals surface area contributed by atoms with Crippen molar-refractivity contribution in [1.82, 2.24) is 0 Å². The van der Waals surface area contributed by atoms with Crippen molar-refractivity contribution in [1.29, 1.82) is 0 Å². The van der Waals surface area contributed by atoms with Crippen LogP contribution in [0.25, 0.3) is 0 Å². The largest absolute Gasteiger partial charge is 0.744 e. The fraction of sp³-hybridized carbons (Fsp3) is 0.200. The smallest absolute Gasteiger partial charge is 0.373 e. The number of hydrogen-bond acceptors (Lipinski definition) is 13. The first-order chi connectivity index (χ1) is 16.1. The maximum absolute atomic E-state index is 12.1. The van der Waals surface area contributed by atoms with Crippen LogP contribution >= 0.6 is 0 Å². The lowest BCUT2D eigenvalue weighted by Gasteiger charge is -2.13. The van der Waals surface area contributed by atoms with Crippen LogP contribution in [-0.2, 0) is 38.8 Å². The third-order valence-electron chi connectivity index (χ3n) is 3.93. The van der Waals surface area contributed by atoms with Crippen LogP contribution in [0.5, 0.6) is 0 Å². The predicted molar refractivity (Wildman–Crippen MR) is 106 cm³/mol. The van der Waals surface area contributed by atoms with Gasteiger partial charge in [0, 0.05) is 7.11 Å². The maximum Gasteiger partial charge on any atom is 0.373 e. The van der Waals surface area contributed by atoms with Crippen molar-refractivity contribution >= 4 is 34.0 Å². The van der Waals surface area contributed by atoms with Crippen molar-refractivity contribution in [2.75, 3.05) is 27.8 Å². The molecule has 14 heteroatoms. The van der Waals surface area contributed by atoms with Gasteiger partial charge in [0.25, 0.3) is 0 Å². The van der Waals surface area contributed by atoms with Gasteiger partial charge in [0.05, 0.1) is 34.3 Å². The van der Waals surface area contributed by atoms with E-state index in [1.165, 1.54) is 38.5 Å². The molecule has 0 bridgehead atoms. The molecule has 0 aliphatic carbocycles. The van der Waals surface area contributed by atoms with Gasteiger partial charge in [0.2, 0.25) is 6.79 Å². The summed E-state index contributed by atoms with van der Waals surface area (Å²) in [6.07, 6.45) is 0. The first-order valence-corrected chi connectivity index (χ1v) is 10.4. The summed E-state index contributed by atoms with van der Waals surface area (Å²) in [6, 6.07) is 7.72. The zero-order chi connectivity index (χ0) is 25.3. The highest BCUT2D eigenvalue weighted by Gasteiger charge is 2.21. The van der Waals surface area contributed by atoms with Gasteiger partial charge in [-0.05, 0) is 42.5 Å². The second-order valence-corrected chi connectivity index (χ2v) is 7.46. The Morgan fingerprint density at radius 1 is 0.765 bits per heavy atom. The van der Waals surface area contributed by atoms with Crippen LogP contribution in [0.3, 0.4) is 0 Å². The number of hydrogen-bond donors (Lipinski definition) is 0. The standard InChI is InChI=1S/C20H18O13S/c1-28-10-30-20(24)15-8-7-14(9-16(15)34(25,26)27)19(23)33-32-11-31-18(22)13-5-3-12(4-6-13)17(21)29-2/h3-9H,10-11H2,1-2H3,(H,25,26,27)/p-1. The second-order valence-electron chi connectivity index (χ2n) is 6.11. The molecule has 0 saturated carbocycles. The molecule has 0 fully saturated rings. The number of ether oxygens (including phenoxy) is 4. The van der Waals surface area contributed by atoms with Gasteiger partial charge in [-0.25, -0.2) is 27.6 Å². The molecule has 0 aliphatic rings. The minimum Gasteiger partial charge on any atom is -0.744 e. The van der Waals surface area contributed by atoms with E-state index >= 15 is 0 Å². The highest BCUT2D eigenvalue weighted by Crippen LogP contribution is 2.20. The number of carbonyl (C=O) groups excluding carboxylic acids is 4. The second kappa shape index (κ2) is 11.9. The molecule has 2 aromatic carbocycles. The number of esters is 3. The van der Waals surface area contributed by atoms with Gasteiger partial charge in [0.15, 0.2) is 6.79 Å². The SMILES string of the molecule is COCOC(=O)c1ccc(C(=O)OOCOC(=O)c2ccc(C(=O)OC)cc2)cc1S(=O)(=O)[O-]. The lowest BCUT2D eigenvalue weighted by molar-refractivity contribution is -0.280. The Labute approximate surface area is 192 Å². The van der Waals surface area contributed by atoms with Gasteiger partial charge in [-0.2, -0.15) is 0 Å². The van der Waals surface area contributed by atoms with Crippen LogP contribution in [0, 0.1) is 0 Å². The fourth-order valence-corrected chi connectivity index (χ4v) is 3.05. The quantitative estimate of drug-likeness (QED) is 0.0864. The van der Waals surface area contributed by atoms with Crippen molar-refractivity contribution in [2.24, 2.45) is 0 Å². The van der Waals surface area contributed by atoms with Crippen molar-refractivity contribution < 1.29 is 60.9 Å². The monoisotopic (exact) mass is 497 g/mol. The zero-order valence-electron chi connectivity index (χ0n) is 17.7. The average Bonchev–Trinajstić information content (AvgIpc) is 2.83. The topological polar surface area (TPSA) is 181 Å². The minimum atomic E-state index is -5.18. The van der Waals surface area contributed by atoms with Crippen molar-refractivity contribution in [3.63, 3.8) is 0 Å². The van der Waals surface area contributed by atoms with Gasteiger partial charge in [-0.15, -0.1) is 4.89 Å². The van der Waals surface area contributed by atoms with Crippen molar-refractivity contribution in [3.05, 3.63) is 64.7 Å². The van der Waals surface area contributed by atoms with E-state index in [0.29, 0.717) is 6.07 Å². The molecule has 0 spiro atoms. The van der Waals surface area contributed by atoms with Gasteiger partial charge in [-0.3, -0.25) is 4.89 Å². The van der Waals surface area contributed by atoms with Crippen LogP contribution in [0.4, 0.5) is 0 Å². The number of benzene rings is 2. The fourth-order valence-electron chi connectivity index (χ4n) is 2.36. The van der Waals surface area contributed by atoms with E-state index in [0.717, 1.165) is 12.1 Å². The average molecular weight is 497 g/mol.